The average molecular weight is 374 g/mol. The van der Waals surface area contributed by atoms with Gasteiger partial charge in [-0.2, -0.15) is 0 Å². The van der Waals surface area contributed by atoms with Crippen LogP contribution in [0.2, 0.25) is 0 Å². The molecule has 2 aromatic rings. The van der Waals surface area contributed by atoms with Gasteiger partial charge in [0.05, 0.1) is 11.9 Å². The van der Waals surface area contributed by atoms with Gasteiger partial charge in [0.25, 0.3) is 5.91 Å². The molecule has 0 atom stereocenters. The van der Waals surface area contributed by atoms with Crippen molar-refractivity contribution in [1.82, 2.24) is 4.98 Å². The van der Waals surface area contributed by atoms with E-state index in [9.17, 15) is 4.79 Å². The molecule has 1 saturated carbocycles. The van der Waals surface area contributed by atoms with Gasteiger partial charge in [-0.1, -0.05) is 35.2 Å². The first-order chi connectivity index (χ1) is 11.2. The van der Waals surface area contributed by atoms with Gasteiger partial charge in [-0.15, -0.1) is 0 Å². The number of anilines is 2. The summed E-state index contributed by atoms with van der Waals surface area (Å²) in [5, 5.41) is 6.35. The summed E-state index contributed by atoms with van der Waals surface area (Å²) in [5.74, 6) is -0.198. The highest BCUT2D eigenvalue weighted by molar-refractivity contribution is 9.10. The van der Waals surface area contributed by atoms with Crippen LogP contribution in [0, 0.1) is 0 Å². The zero-order valence-electron chi connectivity index (χ0n) is 12.9. The van der Waals surface area contributed by atoms with Gasteiger partial charge in [-0.05, 0) is 49.2 Å². The second-order valence-electron chi connectivity index (χ2n) is 5.87. The summed E-state index contributed by atoms with van der Waals surface area (Å²) in [6.45, 7) is 0. The van der Waals surface area contributed by atoms with Gasteiger partial charge < -0.3 is 10.6 Å². The fourth-order valence-electron chi connectivity index (χ4n) is 2.82. The first kappa shape index (κ1) is 16.0. The van der Waals surface area contributed by atoms with Crippen molar-refractivity contribution in [3.63, 3.8) is 0 Å². The van der Waals surface area contributed by atoms with Crippen LogP contribution in [0.5, 0.6) is 0 Å². The summed E-state index contributed by atoms with van der Waals surface area (Å²) < 4.78 is 0.978. The van der Waals surface area contributed by atoms with Crippen LogP contribution in [-0.2, 0) is 0 Å². The summed E-state index contributed by atoms with van der Waals surface area (Å²) in [6, 6.07) is 11.7. The first-order valence-electron chi connectivity index (χ1n) is 8.00. The van der Waals surface area contributed by atoms with Crippen molar-refractivity contribution in [3.05, 3.63) is 52.8 Å². The van der Waals surface area contributed by atoms with Gasteiger partial charge in [-0.25, -0.2) is 4.98 Å². The van der Waals surface area contributed by atoms with E-state index in [1.807, 2.05) is 30.3 Å². The Balaban J connectivity index is 1.59. The zero-order valence-corrected chi connectivity index (χ0v) is 14.5. The summed E-state index contributed by atoms with van der Waals surface area (Å²) in [4.78, 5) is 16.5. The number of carbonyl (C=O) groups is 1. The van der Waals surface area contributed by atoms with Gasteiger partial charge in [0, 0.05) is 16.2 Å². The molecule has 0 unspecified atom stereocenters. The van der Waals surface area contributed by atoms with Crippen LogP contribution in [0.3, 0.4) is 0 Å². The van der Waals surface area contributed by atoms with E-state index in [1.54, 1.807) is 12.3 Å². The van der Waals surface area contributed by atoms with Crippen LogP contribution in [0.25, 0.3) is 0 Å². The molecule has 0 saturated heterocycles. The standard InChI is InChI=1S/C18H20BrN3O/c19-13-6-8-15(9-7-13)22-18(23)17-11-10-16(12-20-17)21-14-4-2-1-3-5-14/h6-12,14,21H,1-5H2,(H,22,23). The number of pyridine rings is 1. The molecule has 1 heterocycles. The van der Waals surface area contributed by atoms with Crippen molar-refractivity contribution in [2.45, 2.75) is 38.1 Å². The van der Waals surface area contributed by atoms with Crippen LogP contribution in [0.1, 0.15) is 42.6 Å². The number of hydrogen-bond acceptors (Lipinski definition) is 3. The maximum absolute atomic E-state index is 12.2. The SMILES string of the molecule is O=C(Nc1ccc(Br)cc1)c1ccc(NC2CCCCC2)cn1. The number of nitrogens with one attached hydrogen (secondary N) is 2. The molecule has 1 aliphatic rings. The molecule has 1 aromatic carbocycles. The fourth-order valence-corrected chi connectivity index (χ4v) is 3.09. The lowest BCUT2D eigenvalue weighted by molar-refractivity contribution is 0.102. The van der Waals surface area contributed by atoms with Crippen LogP contribution >= 0.6 is 15.9 Å². The van der Waals surface area contributed by atoms with Gasteiger partial charge in [0.15, 0.2) is 0 Å². The Morgan fingerprint density at radius 2 is 1.70 bits per heavy atom. The highest BCUT2D eigenvalue weighted by Gasteiger charge is 2.13. The van der Waals surface area contributed by atoms with Crippen LogP contribution in [-0.4, -0.2) is 16.9 Å². The van der Waals surface area contributed by atoms with Gasteiger partial charge in [0.2, 0.25) is 0 Å². The third-order valence-electron chi connectivity index (χ3n) is 4.07. The summed E-state index contributed by atoms with van der Waals surface area (Å²) in [7, 11) is 0. The molecule has 3 rings (SSSR count). The van der Waals surface area contributed by atoms with Gasteiger partial charge in [0.1, 0.15) is 5.69 Å². The van der Waals surface area contributed by atoms with E-state index in [-0.39, 0.29) is 5.91 Å². The molecule has 0 bridgehead atoms. The Morgan fingerprint density at radius 1 is 1.00 bits per heavy atom. The summed E-state index contributed by atoms with van der Waals surface area (Å²) in [5.41, 5.74) is 2.16. The minimum atomic E-state index is -0.198. The predicted molar refractivity (Wildman–Crippen MR) is 96.8 cm³/mol. The number of carbonyl (C=O) groups excluding carboxylic acids is 1. The molecule has 2 N–H and O–H groups in total. The largest absolute Gasteiger partial charge is 0.381 e. The third kappa shape index (κ3) is 4.55. The Hall–Kier alpha value is -1.88. The van der Waals surface area contributed by atoms with E-state index >= 15 is 0 Å². The molecule has 23 heavy (non-hydrogen) atoms. The lowest BCUT2D eigenvalue weighted by Crippen LogP contribution is -2.22. The molecule has 1 aromatic heterocycles. The number of halogens is 1. The Bertz CT molecular complexity index is 649. The minimum absolute atomic E-state index is 0.198. The molecule has 1 amide bonds. The van der Waals surface area contributed by atoms with Crippen LogP contribution in [0.15, 0.2) is 47.1 Å². The van der Waals surface area contributed by atoms with E-state index in [4.69, 9.17) is 0 Å². The van der Waals surface area contributed by atoms with Crippen molar-refractivity contribution >= 4 is 33.2 Å². The molecule has 1 aliphatic carbocycles. The molecule has 0 aliphatic heterocycles. The number of aromatic nitrogens is 1. The van der Waals surface area contributed by atoms with E-state index in [0.29, 0.717) is 11.7 Å². The quantitative estimate of drug-likeness (QED) is 0.805. The maximum Gasteiger partial charge on any atom is 0.274 e. The van der Waals surface area contributed by atoms with Crippen molar-refractivity contribution in [2.75, 3.05) is 10.6 Å². The van der Waals surface area contributed by atoms with Crippen molar-refractivity contribution in [1.29, 1.82) is 0 Å². The fraction of sp³-hybridized carbons (Fsp3) is 0.333. The first-order valence-corrected chi connectivity index (χ1v) is 8.79. The minimum Gasteiger partial charge on any atom is -0.381 e. The van der Waals surface area contributed by atoms with Crippen molar-refractivity contribution in [3.8, 4) is 0 Å². The summed E-state index contributed by atoms with van der Waals surface area (Å²) in [6.07, 6.45) is 8.09. The van der Waals surface area contributed by atoms with Crippen LogP contribution in [0.4, 0.5) is 11.4 Å². The highest BCUT2D eigenvalue weighted by Crippen LogP contribution is 2.21. The van der Waals surface area contributed by atoms with E-state index < -0.39 is 0 Å². The highest BCUT2D eigenvalue weighted by atomic mass is 79.9. The topological polar surface area (TPSA) is 54.0 Å². The molecule has 0 radical (unpaired) electrons. The number of amides is 1. The number of nitrogens with zero attached hydrogens (tertiary/aromatic N) is 1. The van der Waals surface area contributed by atoms with E-state index in [1.165, 1.54) is 32.1 Å². The molecule has 0 spiro atoms. The molecule has 5 heteroatoms. The predicted octanol–water partition coefficient (Wildman–Crippen LogP) is 4.84. The number of hydrogen-bond donors (Lipinski definition) is 2. The Kier molecular flexibility index (Phi) is 5.28. The maximum atomic E-state index is 12.2. The van der Waals surface area contributed by atoms with E-state index in [2.05, 4.69) is 31.5 Å². The average Bonchev–Trinajstić information content (AvgIpc) is 2.58. The number of rotatable bonds is 4. The second kappa shape index (κ2) is 7.59. The van der Waals surface area contributed by atoms with Crippen molar-refractivity contribution < 1.29 is 4.79 Å². The molecular formula is C18H20BrN3O. The lowest BCUT2D eigenvalue weighted by Gasteiger charge is -2.23. The van der Waals surface area contributed by atoms with Crippen LogP contribution < -0.4 is 10.6 Å². The van der Waals surface area contributed by atoms with Gasteiger partial charge in [-0.3, -0.25) is 4.79 Å². The smallest absolute Gasteiger partial charge is 0.274 e. The molecule has 1 fully saturated rings. The molecule has 4 nitrogen and oxygen atoms in total. The Morgan fingerprint density at radius 3 is 2.35 bits per heavy atom. The molecular weight excluding hydrogens is 354 g/mol. The summed E-state index contributed by atoms with van der Waals surface area (Å²) >= 11 is 3.37. The Labute approximate surface area is 144 Å². The number of benzene rings is 1. The monoisotopic (exact) mass is 373 g/mol. The lowest BCUT2D eigenvalue weighted by atomic mass is 9.95. The normalized spacial score (nSPS) is 15.2. The van der Waals surface area contributed by atoms with Gasteiger partial charge >= 0.3 is 0 Å². The third-order valence-corrected chi connectivity index (χ3v) is 4.60. The molecule has 120 valence electrons. The van der Waals surface area contributed by atoms with Crippen molar-refractivity contribution in [2.24, 2.45) is 0 Å². The second-order valence-corrected chi connectivity index (χ2v) is 6.79. The zero-order chi connectivity index (χ0) is 16.1. The van der Waals surface area contributed by atoms with E-state index in [0.717, 1.165) is 15.8 Å².